The molecule has 4 nitrogen and oxygen atoms in total. The van der Waals surface area contributed by atoms with E-state index in [1.54, 1.807) is 0 Å². The molecule has 1 unspecified atom stereocenters. The number of likely N-dealkylation sites (tertiary alicyclic amines) is 1. The first kappa shape index (κ1) is 15.8. The fraction of sp³-hybridized carbons (Fsp3) is 0.474. The van der Waals surface area contributed by atoms with Crippen LogP contribution in [0.1, 0.15) is 40.5 Å². The van der Waals surface area contributed by atoms with Crippen molar-refractivity contribution in [1.82, 2.24) is 15.2 Å². The van der Waals surface area contributed by atoms with Gasteiger partial charge in [0.1, 0.15) is 0 Å². The van der Waals surface area contributed by atoms with Gasteiger partial charge < -0.3 is 5.32 Å². The minimum Gasteiger partial charge on any atom is -0.350 e. The van der Waals surface area contributed by atoms with Gasteiger partial charge in [0, 0.05) is 59.7 Å². The van der Waals surface area contributed by atoms with Crippen molar-refractivity contribution in [2.24, 2.45) is 0 Å². The van der Waals surface area contributed by atoms with Crippen LogP contribution in [-0.2, 0) is 11.3 Å². The van der Waals surface area contributed by atoms with Crippen LogP contribution in [0.2, 0.25) is 0 Å². The third kappa shape index (κ3) is 2.98. The van der Waals surface area contributed by atoms with Crippen molar-refractivity contribution in [3.63, 3.8) is 0 Å². The van der Waals surface area contributed by atoms with Gasteiger partial charge in [0.25, 0.3) is 0 Å². The molecule has 2 aliphatic rings. The molecule has 0 aliphatic carbocycles. The first-order chi connectivity index (χ1) is 11.6. The van der Waals surface area contributed by atoms with E-state index in [-0.39, 0.29) is 17.4 Å². The molecule has 2 aromatic heterocycles. The molecule has 4 heterocycles. The smallest absolute Gasteiger partial charge is 0.221 e. The number of thiophene rings is 1. The fourth-order valence-corrected chi connectivity index (χ4v) is 5.14. The van der Waals surface area contributed by atoms with Gasteiger partial charge in [-0.25, -0.2) is 0 Å². The Bertz CT molecular complexity index is 719. The van der Waals surface area contributed by atoms with E-state index in [0.717, 1.165) is 32.5 Å². The lowest BCUT2D eigenvalue weighted by Crippen LogP contribution is -2.53. The van der Waals surface area contributed by atoms with Crippen molar-refractivity contribution in [3.05, 3.63) is 52.0 Å². The van der Waals surface area contributed by atoms with E-state index in [9.17, 15) is 4.79 Å². The van der Waals surface area contributed by atoms with Gasteiger partial charge in [-0.05, 0) is 49.6 Å². The van der Waals surface area contributed by atoms with E-state index < -0.39 is 0 Å². The molecule has 2 aromatic rings. The van der Waals surface area contributed by atoms with Crippen molar-refractivity contribution >= 4 is 17.2 Å². The van der Waals surface area contributed by atoms with E-state index in [0.29, 0.717) is 6.42 Å². The fourth-order valence-electron chi connectivity index (χ4n) is 4.20. The molecule has 0 bridgehead atoms. The predicted octanol–water partition coefficient (Wildman–Crippen LogP) is 3.09. The van der Waals surface area contributed by atoms with E-state index >= 15 is 0 Å². The maximum atomic E-state index is 12.1. The van der Waals surface area contributed by atoms with Crippen LogP contribution in [-0.4, -0.2) is 34.4 Å². The average Bonchev–Trinajstić information content (AvgIpc) is 3.14. The summed E-state index contributed by atoms with van der Waals surface area (Å²) >= 11 is 1.88. The number of carbonyl (C=O) groups excluding carboxylic acids is 1. The van der Waals surface area contributed by atoms with Crippen LogP contribution in [0.15, 0.2) is 36.7 Å². The van der Waals surface area contributed by atoms with Crippen LogP contribution in [0.25, 0.3) is 0 Å². The topological polar surface area (TPSA) is 45.2 Å². The van der Waals surface area contributed by atoms with Crippen LogP contribution >= 0.6 is 11.3 Å². The molecule has 4 rings (SSSR count). The zero-order valence-electron chi connectivity index (χ0n) is 14.0. The Hall–Kier alpha value is -1.72. The molecule has 2 aliphatic heterocycles. The number of amides is 1. The lowest BCUT2D eigenvalue weighted by atomic mass is 9.74. The van der Waals surface area contributed by atoms with Crippen LogP contribution in [0.3, 0.4) is 0 Å². The summed E-state index contributed by atoms with van der Waals surface area (Å²) in [4.78, 5) is 21.6. The molecule has 2 fully saturated rings. The van der Waals surface area contributed by atoms with Gasteiger partial charge in [0.15, 0.2) is 0 Å². The van der Waals surface area contributed by atoms with E-state index in [4.69, 9.17) is 0 Å². The molecule has 2 saturated heterocycles. The van der Waals surface area contributed by atoms with Gasteiger partial charge in [0.2, 0.25) is 5.91 Å². The normalized spacial score (nSPS) is 23.5. The molecule has 5 heteroatoms. The highest BCUT2D eigenvalue weighted by molar-refractivity contribution is 7.11. The van der Waals surface area contributed by atoms with Crippen molar-refractivity contribution in [2.45, 2.75) is 44.2 Å². The number of piperidine rings is 1. The molecule has 1 atom stereocenters. The number of pyridine rings is 1. The first-order valence-corrected chi connectivity index (χ1v) is 9.45. The number of aromatic nitrogens is 1. The summed E-state index contributed by atoms with van der Waals surface area (Å²) in [5, 5.41) is 3.32. The lowest BCUT2D eigenvalue weighted by Gasteiger charge is -2.43. The molecule has 0 aromatic carbocycles. The van der Waals surface area contributed by atoms with Gasteiger partial charge in [-0.15, -0.1) is 11.3 Å². The first-order valence-electron chi connectivity index (χ1n) is 8.63. The Morgan fingerprint density at radius 2 is 2.00 bits per heavy atom. The largest absolute Gasteiger partial charge is 0.350 e. The number of nitrogens with one attached hydrogen (secondary N) is 1. The Labute approximate surface area is 146 Å². The van der Waals surface area contributed by atoms with Crippen molar-refractivity contribution in [2.75, 3.05) is 13.1 Å². The summed E-state index contributed by atoms with van der Waals surface area (Å²) in [5.74, 6) is 0.471. The summed E-state index contributed by atoms with van der Waals surface area (Å²) in [6, 6.07) is 8.56. The van der Waals surface area contributed by atoms with Crippen LogP contribution in [0, 0.1) is 6.92 Å². The minimum absolute atomic E-state index is 0.0691. The van der Waals surface area contributed by atoms with Crippen molar-refractivity contribution in [1.29, 1.82) is 0 Å². The van der Waals surface area contributed by atoms with Crippen LogP contribution in [0.5, 0.6) is 0 Å². The zero-order chi connectivity index (χ0) is 16.6. The number of nitrogens with zero attached hydrogens (tertiary/aromatic N) is 2. The molecular weight excluding hydrogens is 318 g/mol. The number of aryl methyl sites for hydroxylation is 1. The van der Waals surface area contributed by atoms with Gasteiger partial charge in [-0.1, -0.05) is 0 Å². The Balaban J connectivity index is 1.47. The molecular formula is C19H23N3OS. The Morgan fingerprint density at radius 3 is 2.67 bits per heavy atom. The highest BCUT2D eigenvalue weighted by Crippen LogP contribution is 2.43. The maximum absolute atomic E-state index is 12.1. The lowest BCUT2D eigenvalue weighted by molar-refractivity contribution is -0.120. The Morgan fingerprint density at radius 1 is 1.25 bits per heavy atom. The summed E-state index contributed by atoms with van der Waals surface area (Å²) in [5.41, 5.74) is 1.17. The summed E-state index contributed by atoms with van der Waals surface area (Å²) in [6.45, 7) is 5.27. The summed E-state index contributed by atoms with van der Waals surface area (Å²) < 4.78 is 0. The maximum Gasteiger partial charge on any atom is 0.221 e. The molecule has 126 valence electrons. The van der Waals surface area contributed by atoms with Crippen LogP contribution < -0.4 is 5.32 Å². The number of hydrogen-bond donors (Lipinski definition) is 1. The average molecular weight is 341 g/mol. The van der Waals surface area contributed by atoms with E-state index in [2.05, 4.69) is 46.4 Å². The highest BCUT2D eigenvalue weighted by Gasteiger charge is 2.48. The van der Waals surface area contributed by atoms with Gasteiger partial charge in [-0.3, -0.25) is 14.7 Å². The SMILES string of the molecule is Cc1ccc(CN2CCC3(CC2)NC(=O)CC3c2ccncc2)s1. The molecule has 1 amide bonds. The Kier molecular flexibility index (Phi) is 4.14. The predicted molar refractivity (Wildman–Crippen MR) is 96.0 cm³/mol. The summed E-state index contributed by atoms with van der Waals surface area (Å²) in [7, 11) is 0. The minimum atomic E-state index is -0.0691. The van der Waals surface area contributed by atoms with E-state index in [1.807, 2.05) is 23.7 Å². The zero-order valence-corrected chi connectivity index (χ0v) is 14.8. The van der Waals surface area contributed by atoms with Gasteiger partial charge in [-0.2, -0.15) is 0 Å². The van der Waals surface area contributed by atoms with Gasteiger partial charge in [0.05, 0.1) is 0 Å². The highest BCUT2D eigenvalue weighted by atomic mass is 32.1. The summed E-state index contributed by atoms with van der Waals surface area (Å²) in [6.07, 6.45) is 6.32. The van der Waals surface area contributed by atoms with Gasteiger partial charge >= 0.3 is 0 Å². The molecule has 1 spiro atoms. The molecule has 0 saturated carbocycles. The molecule has 1 N–H and O–H groups in total. The van der Waals surface area contributed by atoms with Crippen molar-refractivity contribution in [3.8, 4) is 0 Å². The second-order valence-corrected chi connectivity index (χ2v) is 8.40. The third-order valence-corrected chi connectivity index (χ3v) is 6.46. The van der Waals surface area contributed by atoms with E-state index in [1.165, 1.54) is 15.3 Å². The van der Waals surface area contributed by atoms with Crippen molar-refractivity contribution < 1.29 is 4.79 Å². The third-order valence-electron chi connectivity index (χ3n) is 5.48. The molecule has 0 radical (unpaired) electrons. The quantitative estimate of drug-likeness (QED) is 0.933. The second-order valence-electron chi connectivity index (χ2n) is 7.03. The second kappa shape index (κ2) is 6.30. The number of rotatable bonds is 3. The number of carbonyl (C=O) groups is 1. The molecule has 24 heavy (non-hydrogen) atoms. The monoisotopic (exact) mass is 341 g/mol. The number of hydrogen-bond acceptors (Lipinski definition) is 4. The standard InChI is InChI=1S/C19H23N3OS/c1-14-2-3-16(24-14)13-22-10-6-19(7-11-22)17(12-18(23)21-19)15-4-8-20-9-5-15/h2-5,8-9,17H,6-7,10-13H2,1H3,(H,21,23). The van der Waals surface area contributed by atoms with Crippen LogP contribution in [0.4, 0.5) is 0 Å².